The van der Waals surface area contributed by atoms with E-state index in [1.807, 2.05) is 19.2 Å². The molecule has 0 radical (unpaired) electrons. The van der Waals surface area contributed by atoms with Crippen LogP contribution in [0.1, 0.15) is 31.7 Å². The maximum Gasteiger partial charge on any atom is 0.280 e. The number of rotatable bonds is 5. The van der Waals surface area contributed by atoms with Gasteiger partial charge >= 0.3 is 0 Å². The summed E-state index contributed by atoms with van der Waals surface area (Å²) in [7, 11) is -3.52. The van der Waals surface area contributed by atoms with E-state index < -0.39 is 15.7 Å². The van der Waals surface area contributed by atoms with Crippen LogP contribution in [0.4, 0.5) is 0 Å². The highest BCUT2D eigenvalue weighted by Gasteiger charge is 2.34. The molecule has 1 atom stereocenters. The highest BCUT2D eigenvalue weighted by atomic mass is 32.2. The molecule has 3 N–H and O–H groups in total. The highest BCUT2D eigenvalue weighted by molar-refractivity contribution is 7.87. The summed E-state index contributed by atoms with van der Waals surface area (Å²) < 4.78 is 29.3. The fourth-order valence-electron chi connectivity index (χ4n) is 2.40. The van der Waals surface area contributed by atoms with Gasteiger partial charge in [0.25, 0.3) is 10.2 Å². The van der Waals surface area contributed by atoms with E-state index >= 15 is 0 Å². The van der Waals surface area contributed by atoms with Gasteiger partial charge in [0.15, 0.2) is 0 Å². The molecule has 1 aromatic rings. The fraction of sp³-hybridized carbons (Fsp3) is 0.750. The Morgan fingerprint density at radius 3 is 2.95 bits per heavy atom. The van der Waals surface area contributed by atoms with Crippen LogP contribution in [0.5, 0.6) is 0 Å². The number of piperidine rings is 1. The van der Waals surface area contributed by atoms with Crippen molar-refractivity contribution in [2.45, 2.75) is 32.2 Å². The van der Waals surface area contributed by atoms with Gasteiger partial charge in [0, 0.05) is 24.7 Å². The number of nitrogens with two attached hydrogens (primary N) is 1. The molecular formula is C12H22N4O2S2. The zero-order valence-electron chi connectivity index (χ0n) is 11.9. The minimum absolute atomic E-state index is 0.253. The molecule has 114 valence electrons. The van der Waals surface area contributed by atoms with Crippen LogP contribution >= 0.6 is 11.3 Å². The van der Waals surface area contributed by atoms with Gasteiger partial charge in [-0.1, -0.05) is 0 Å². The lowest BCUT2D eigenvalue weighted by molar-refractivity contribution is 0.264. The van der Waals surface area contributed by atoms with Gasteiger partial charge in [0.1, 0.15) is 5.01 Å². The molecule has 20 heavy (non-hydrogen) atoms. The molecule has 0 aromatic carbocycles. The van der Waals surface area contributed by atoms with Crippen LogP contribution in [0.15, 0.2) is 11.6 Å². The lowest BCUT2D eigenvalue weighted by Gasteiger charge is -2.34. The van der Waals surface area contributed by atoms with Crippen molar-refractivity contribution < 1.29 is 8.42 Å². The first-order valence-electron chi connectivity index (χ1n) is 6.74. The third-order valence-electron chi connectivity index (χ3n) is 3.51. The maximum atomic E-state index is 12.5. The van der Waals surface area contributed by atoms with Crippen molar-refractivity contribution in [3.8, 4) is 0 Å². The summed E-state index contributed by atoms with van der Waals surface area (Å²) in [5, 5.41) is 2.60. The molecule has 1 aromatic heterocycles. The van der Waals surface area contributed by atoms with E-state index in [0.29, 0.717) is 19.6 Å². The van der Waals surface area contributed by atoms with E-state index in [1.165, 1.54) is 15.6 Å². The van der Waals surface area contributed by atoms with Gasteiger partial charge in [0.2, 0.25) is 0 Å². The van der Waals surface area contributed by atoms with E-state index in [-0.39, 0.29) is 5.92 Å². The van der Waals surface area contributed by atoms with Crippen molar-refractivity contribution in [2.24, 2.45) is 11.7 Å². The van der Waals surface area contributed by atoms with Crippen molar-refractivity contribution in [1.29, 1.82) is 0 Å². The molecule has 0 bridgehead atoms. The third kappa shape index (κ3) is 3.56. The van der Waals surface area contributed by atoms with Gasteiger partial charge in [-0.3, -0.25) is 0 Å². The fourth-order valence-corrected chi connectivity index (χ4v) is 4.83. The summed E-state index contributed by atoms with van der Waals surface area (Å²) in [6, 6.07) is 0. The molecular weight excluding hydrogens is 296 g/mol. The predicted molar refractivity (Wildman–Crippen MR) is 80.5 cm³/mol. The molecule has 0 amide bonds. The van der Waals surface area contributed by atoms with Crippen molar-refractivity contribution in [2.75, 3.05) is 19.6 Å². The largest absolute Gasteiger partial charge is 0.330 e. The monoisotopic (exact) mass is 318 g/mol. The van der Waals surface area contributed by atoms with Crippen LogP contribution in [0.3, 0.4) is 0 Å². The Morgan fingerprint density at radius 2 is 2.35 bits per heavy atom. The van der Waals surface area contributed by atoms with Gasteiger partial charge in [-0.2, -0.15) is 17.4 Å². The molecule has 0 spiro atoms. The Labute approximate surface area is 124 Å². The van der Waals surface area contributed by atoms with E-state index in [2.05, 4.69) is 9.71 Å². The Morgan fingerprint density at radius 1 is 1.60 bits per heavy atom. The molecule has 1 fully saturated rings. The molecule has 6 nitrogen and oxygen atoms in total. The topological polar surface area (TPSA) is 88.3 Å². The molecule has 0 aliphatic carbocycles. The lowest BCUT2D eigenvalue weighted by atomic mass is 10.0. The number of hydrogen-bond acceptors (Lipinski definition) is 5. The minimum Gasteiger partial charge on any atom is -0.330 e. The number of aromatic nitrogens is 1. The van der Waals surface area contributed by atoms with Crippen LogP contribution in [-0.2, 0) is 15.7 Å². The number of thiazole rings is 1. The molecule has 2 rings (SSSR count). The second-order valence-electron chi connectivity index (χ2n) is 5.67. The molecule has 1 saturated heterocycles. The normalized spacial score (nSPS) is 22.1. The first kappa shape index (κ1) is 15.8. The molecule has 2 heterocycles. The van der Waals surface area contributed by atoms with E-state index in [0.717, 1.165) is 17.8 Å². The van der Waals surface area contributed by atoms with Gasteiger partial charge in [-0.25, -0.2) is 4.98 Å². The van der Waals surface area contributed by atoms with Crippen molar-refractivity contribution >= 4 is 21.5 Å². The van der Waals surface area contributed by atoms with Crippen molar-refractivity contribution in [3.05, 3.63) is 16.6 Å². The average molecular weight is 318 g/mol. The lowest BCUT2D eigenvalue weighted by Crippen LogP contribution is -2.52. The SMILES string of the molecule is CC(C)(NS(=O)(=O)N1CCCC(CN)C1)c1nccs1. The van der Waals surface area contributed by atoms with Crippen LogP contribution in [0.25, 0.3) is 0 Å². The summed E-state index contributed by atoms with van der Waals surface area (Å²) in [5.41, 5.74) is 4.96. The molecule has 1 unspecified atom stereocenters. The Bertz CT molecular complexity index is 528. The van der Waals surface area contributed by atoms with Crippen LogP contribution < -0.4 is 10.5 Å². The van der Waals surface area contributed by atoms with Gasteiger partial charge in [-0.05, 0) is 39.2 Å². The summed E-state index contributed by atoms with van der Waals surface area (Å²) >= 11 is 1.45. The molecule has 1 aliphatic heterocycles. The Kier molecular flexibility index (Phi) is 4.80. The van der Waals surface area contributed by atoms with Gasteiger partial charge < -0.3 is 5.73 Å². The average Bonchev–Trinajstić information content (AvgIpc) is 2.92. The van der Waals surface area contributed by atoms with Crippen molar-refractivity contribution in [3.63, 3.8) is 0 Å². The standard InChI is InChI=1S/C12H22N4O2S2/c1-12(2,11-14-5-7-19-11)15-20(17,18)16-6-3-4-10(8-13)9-16/h5,7,10,15H,3-4,6,8-9,13H2,1-2H3. The Hall–Kier alpha value is -0.540. The molecule has 1 aliphatic rings. The van der Waals surface area contributed by atoms with Gasteiger partial charge in [0.05, 0.1) is 5.54 Å². The zero-order chi connectivity index (χ0) is 14.8. The second kappa shape index (κ2) is 6.07. The van der Waals surface area contributed by atoms with Crippen LogP contribution in [0.2, 0.25) is 0 Å². The summed E-state index contributed by atoms with van der Waals surface area (Å²) in [6.07, 6.45) is 3.54. The maximum absolute atomic E-state index is 12.5. The highest BCUT2D eigenvalue weighted by Crippen LogP contribution is 2.25. The minimum atomic E-state index is -3.52. The van der Waals surface area contributed by atoms with E-state index in [9.17, 15) is 8.42 Å². The number of nitrogens with zero attached hydrogens (tertiary/aromatic N) is 2. The summed E-state index contributed by atoms with van der Waals surface area (Å²) in [6.45, 7) is 5.24. The number of nitrogens with one attached hydrogen (secondary N) is 1. The van der Waals surface area contributed by atoms with E-state index in [4.69, 9.17) is 5.73 Å². The second-order valence-corrected chi connectivity index (χ2v) is 8.24. The van der Waals surface area contributed by atoms with E-state index in [1.54, 1.807) is 6.20 Å². The summed E-state index contributed by atoms with van der Waals surface area (Å²) in [4.78, 5) is 4.20. The molecule has 8 heteroatoms. The van der Waals surface area contributed by atoms with Crippen LogP contribution in [0, 0.1) is 5.92 Å². The quantitative estimate of drug-likeness (QED) is 0.843. The number of hydrogen-bond donors (Lipinski definition) is 2. The predicted octanol–water partition coefficient (Wildman–Crippen LogP) is 0.883. The zero-order valence-corrected chi connectivity index (χ0v) is 13.5. The third-order valence-corrected chi connectivity index (χ3v) is 6.38. The first-order valence-corrected chi connectivity index (χ1v) is 9.06. The summed E-state index contributed by atoms with van der Waals surface area (Å²) in [5.74, 6) is 0.253. The smallest absolute Gasteiger partial charge is 0.280 e. The first-order chi connectivity index (χ1) is 9.35. The van der Waals surface area contributed by atoms with Crippen LogP contribution in [-0.4, -0.2) is 37.3 Å². The van der Waals surface area contributed by atoms with Crippen molar-refractivity contribution in [1.82, 2.24) is 14.0 Å². The van der Waals surface area contributed by atoms with Gasteiger partial charge in [-0.15, -0.1) is 11.3 Å². The molecule has 0 saturated carbocycles. The Balaban J connectivity index is 2.11.